The maximum atomic E-state index is 12.0. The molecule has 1 amide bonds. The molecular weight excluding hydrogens is 298 g/mol. The second-order valence-electron chi connectivity index (χ2n) is 4.90. The van der Waals surface area contributed by atoms with Crippen LogP contribution in [0.2, 0.25) is 0 Å². The molecule has 1 aromatic carbocycles. The molecule has 0 fully saturated rings. The third-order valence-electron chi connectivity index (χ3n) is 3.34. The van der Waals surface area contributed by atoms with E-state index in [1.807, 2.05) is 0 Å². The van der Waals surface area contributed by atoms with E-state index < -0.39 is 0 Å². The summed E-state index contributed by atoms with van der Waals surface area (Å²) in [7, 11) is 3.17. The quantitative estimate of drug-likeness (QED) is 0.745. The third kappa shape index (κ3) is 4.77. The molecule has 1 aromatic heterocycles. The van der Waals surface area contributed by atoms with Crippen LogP contribution < -0.4 is 14.8 Å². The fourth-order valence-electron chi connectivity index (χ4n) is 2.15. The molecule has 0 aliphatic heterocycles. The maximum Gasteiger partial charge on any atom is 0.224 e. The first kappa shape index (κ1) is 16.4. The van der Waals surface area contributed by atoms with Crippen molar-refractivity contribution < 1.29 is 14.3 Å². The Bertz CT molecular complexity index is 596. The van der Waals surface area contributed by atoms with Crippen LogP contribution in [-0.2, 0) is 11.2 Å². The maximum absolute atomic E-state index is 12.0. The summed E-state index contributed by atoms with van der Waals surface area (Å²) in [6.07, 6.45) is 3.45. The van der Waals surface area contributed by atoms with E-state index in [2.05, 4.69) is 22.8 Å². The molecule has 1 N–H and O–H groups in total. The number of nitrogens with one attached hydrogen (secondary N) is 1. The minimum Gasteiger partial charge on any atom is -0.497 e. The minimum atomic E-state index is 0.00893. The number of amides is 1. The van der Waals surface area contributed by atoms with Crippen molar-refractivity contribution in [2.45, 2.75) is 25.7 Å². The van der Waals surface area contributed by atoms with Gasteiger partial charge in [-0.05, 0) is 42.8 Å². The molecule has 0 radical (unpaired) electrons. The summed E-state index contributed by atoms with van der Waals surface area (Å²) in [5.41, 5.74) is 0.673. The summed E-state index contributed by atoms with van der Waals surface area (Å²) in [5, 5.41) is 4.97. The van der Waals surface area contributed by atoms with Crippen molar-refractivity contribution in [3.63, 3.8) is 0 Å². The minimum absolute atomic E-state index is 0.00893. The molecule has 0 saturated heterocycles. The topological polar surface area (TPSA) is 47.6 Å². The molecule has 2 aromatic rings. The number of aryl methyl sites for hydroxylation is 1. The first-order valence-electron chi connectivity index (χ1n) is 7.27. The molecule has 0 spiro atoms. The summed E-state index contributed by atoms with van der Waals surface area (Å²) in [6, 6.07) is 9.54. The molecule has 0 saturated carbocycles. The second kappa shape index (κ2) is 8.44. The summed E-state index contributed by atoms with van der Waals surface area (Å²) < 4.78 is 10.4. The van der Waals surface area contributed by atoms with Gasteiger partial charge in [-0.2, -0.15) is 0 Å². The highest BCUT2D eigenvalue weighted by atomic mass is 32.1. The summed E-state index contributed by atoms with van der Waals surface area (Å²) in [4.78, 5) is 13.4. The fourth-order valence-corrected chi connectivity index (χ4v) is 2.91. The molecule has 5 heteroatoms. The number of anilines is 1. The van der Waals surface area contributed by atoms with E-state index in [9.17, 15) is 4.79 Å². The number of benzene rings is 1. The highest BCUT2D eigenvalue weighted by molar-refractivity contribution is 7.09. The number of rotatable bonds is 8. The van der Waals surface area contributed by atoms with Gasteiger partial charge in [-0.1, -0.05) is 6.07 Å². The number of thiophene rings is 1. The van der Waals surface area contributed by atoms with Gasteiger partial charge >= 0.3 is 0 Å². The van der Waals surface area contributed by atoms with Gasteiger partial charge in [-0.3, -0.25) is 4.79 Å². The lowest BCUT2D eigenvalue weighted by molar-refractivity contribution is -0.116. The van der Waals surface area contributed by atoms with Gasteiger partial charge in [0.05, 0.1) is 19.9 Å². The van der Waals surface area contributed by atoms with Gasteiger partial charge in [0.15, 0.2) is 0 Å². The molecule has 1 heterocycles. The molecule has 0 bridgehead atoms. The highest BCUT2D eigenvalue weighted by Gasteiger charge is 2.08. The molecule has 0 aliphatic carbocycles. The van der Waals surface area contributed by atoms with Crippen LogP contribution in [0, 0.1) is 0 Å². The van der Waals surface area contributed by atoms with Gasteiger partial charge in [0, 0.05) is 17.4 Å². The van der Waals surface area contributed by atoms with Crippen LogP contribution in [0.1, 0.15) is 24.1 Å². The van der Waals surface area contributed by atoms with Crippen LogP contribution in [-0.4, -0.2) is 20.1 Å². The SMILES string of the molecule is COc1ccc(NC(=O)CCCCc2cccs2)c(OC)c1. The Morgan fingerprint density at radius 3 is 2.73 bits per heavy atom. The molecule has 2 rings (SSSR count). The largest absolute Gasteiger partial charge is 0.497 e. The monoisotopic (exact) mass is 319 g/mol. The van der Waals surface area contributed by atoms with Gasteiger partial charge in [0.25, 0.3) is 0 Å². The number of carbonyl (C=O) groups excluding carboxylic acids is 1. The molecule has 0 unspecified atom stereocenters. The van der Waals surface area contributed by atoms with Crippen molar-refractivity contribution >= 4 is 22.9 Å². The zero-order valence-electron chi connectivity index (χ0n) is 12.9. The van der Waals surface area contributed by atoms with Crippen LogP contribution in [0.3, 0.4) is 0 Å². The zero-order valence-corrected chi connectivity index (χ0v) is 13.7. The summed E-state index contributed by atoms with van der Waals surface area (Å²) >= 11 is 1.76. The average Bonchev–Trinajstić information content (AvgIpc) is 3.05. The van der Waals surface area contributed by atoms with Crippen LogP contribution >= 0.6 is 11.3 Å². The Labute approximate surface area is 135 Å². The van der Waals surface area contributed by atoms with E-state index in [1.54, 1.807) is 43.8 Å². The lowest BCUT2D eigenvalue weighted by Crippen LogP contribution is -2.12. The molecule has 118 valence electrons. The number of ether oxygens (including phenoxy) is 2. The third-order valence-corrected chi connectivity index (χ3v) is 4.28. The number of hydrogen-bond donors (Lipinski definition) is 1. The van der Waals surface area contributed by atoms with Gasteiger partial charge in [0.2, 0.25) is 5.91 Å². The van der Waals surface area contributed by atoms with E-state index in [1.165, 1.54) is 4.88 Å². The summed E-state index contributed by atoms with van der Waals surface area (Å²) in [6.45, 7) is 0. The van der Waals surface area contributed by atoms with E-state index in [0.717, 1.165) is 19.3 Å². The number of carbonyl (C=O) groups is 1. The van der Waals surface area contributed by atoms with E-state index in [0.29, 0.717) is 23.6 Å². The van der Waals surface area contributed by atoms with Crippen molar-refractivity contribution in [3.8, 4) is 11.5 Å². The fraction of sp³-hybridized carbons (Fsp3) is 0.353. The van der Waals surface area contributed by atoms with E-state index in [4.69, 9.17) is 9.47 Å². The normalized spacial score (nSPS) is 10.3. The molecular formula is C17H21NO3S. The lowest BCUT2D eigenvalue weighted by atomic mass is 10.1. The van der Waals surface area contributed by atoms with Crippen molar-refractivity contribution in [1.29, 1.82) is 0 Å². The van der Waals surface area contributed by atoms with Crippen molar-refractivity contribution in [2.24, 2.45) is 0 Å². The van der Waals surface area contributed by atoms with Crippen molar-refractivity contribution in [3.05, 3.63) is 40.6 Å². The Balaban J connectivity index is 1.79. The van der Waals surface area contributed by atoms with Crippen molar-refractivity contribution in [1.82, 2.24) is 0 Å². The Kier molecular flexibility index (Phi) is 6.27. The second-order valence-corrected chi connectivity index (χ2v) is 5.93. The highest BCUT2D eigenvalue weighted by Crippen LogP contribution is 2.29. The lowest BCUT2D eigenvalue weighted by Gasteiger charge is -2.11. The first-order chi connectivity index (χ1) is 10.7. The van der Waals surface area contributed by atoms with Crippen molar-refractivity contribution in [2.75, 3.05) is 19.5 Å². The molecule has 0 atom stereocenters. The van der Waals surface area contributed by atoms with Gasteiger partial charge in [0.1, 0.15) is 11.5 Å². The van der Waals surface area contributed by atoms with E-state index in [-0.39, 0.29) is 5.91 Å². The number of hydrogen-bond acceptors (Lipinski definition) is 4. The smallest absolute Gasteiger partial charge is 0.224 e. The summed E-state index contributed by atoms with van der Waals surface area (Å²) in [5.74, 6) is 1.31. The van der Waals surface area contributed by atoms with Crippen LogP contribution in [0.4, 0.5) is 5.69 Å². The van der Waals surface area contributed by atoms with Gasteiger partial charge < -0.3 is 14.8 Å². The predicted molar refractivity (Wildman–Crippen MR) is 90.0 cm³/mol. The Hall–Kier alpha value is -2.01. The number of methoxy groups -OCH3 is 2. The van der Waals surface area contributed by atoms with Gasteiger partial charge in [-0.15, -0.1) is 11.3 Å². The molecule has 0 aliphatic rings. The van der Waals surface area contributed by atoms with Crippen LogP contribution in [0.25, 0.3) is 0 Å². The first-order valence-corrected chi connectivity index (χ1v) is 8.15. The molecule has 22 heavy (non-hydrogen) atoms. The van der Waals surface area contributed by atoms with Crippen LogP contribution in [0.5, 0.6) is 11.5 Å². The Morgan fingerprint density at radius 2 is 2.05 bits per heavy atom. The standard InChI is InChI=1S/C17H21NO3S/c1-20-13-9-10-15(16(12-13)21-2)18-17(19)8-4-3-6-14-7-5-11-22-14/h5,7,9-12H,3-4,6,8H2,1-2H3,(H,18,19). The predicted octanol–water partition coefficient (Wildman–Crippen LogP) is 4.12. The average molecular weight is 319 g/mol. The van der Waals surface area contributed by atoms with Gasteiger partial charge in [-0.25, -0.2) is 0 Å². The van der Waals surface area contributed by atoms with E-state index >= 15 is 0 Å². The van der Waals surface area contributed by atoms with Crippen LogP contribution in [0.15, 0.2) is 35.7 Å². The number of unbranched alkanes of at least 4 members (excludes halogenated alkanes) is 1. The molecule has 4 nitrogen and oxygen atoms in total. The zero-order chi connectivity index (χ0) is 15.8. The Morgan fingerprint density at radius 1 is 1.18 bits per heavy atom.